The second kappa shape index (κ2) is 17.6. The summed E-state index contributed by atoms with van der Waals surface area (Å²) in [6.07, 6.45) is 1.77. The molecule has 2 heterocycles. The molecule has 0 aliphatic rings. The van der Waals surface area contributed by atoms with E-state index in [2.05, 4.69) is 18.2 Å². The predicted molar refractivity (Wildman–Crippen MR) is 283 cm³/mol. The van der Waals surface area contributed by atoms with Crippen LogP contribution in [0.4, 0.5) is 0 Å². The third-order valence-corrected chi connectivity index (χ3v) is 12.6. The van der Waals surface area contributed by atoms with Gasteiger partial charge < -0.3 is 5.11 Å². The molecule has 9 aromatic rings. The fourth-order valence-corrected chi connectivity index (χ4v) is 9.05. The van der Waals surface area contributed by atoms with Gasteiger partial charge in [-0.1, -0.05) is 178 Å². The average Bonchev–Trinajstić information content (AvgIpc) is 3.76. The van der Waals surface area contributed by atoms with Crippen LogP contribution in [0.5, 0.6) is 5.75 Å². The first-order valence-corrected chi connectivity index (χ1v) is 22.7. The van der Waals surface area contributed by atoms with Crippen LogP contribution in [0, 0.1) is 6.92 Å². The molecule has 0 amide bonds. The van der Waals surface area contributed by atoms with Gasteiger partial charge in [-0.25, -0.2) is 4.98 Å². The second-order valence-corrected chi connectivity index (χ2v) is 19.6. The van der Waals surface area contributed by atoms with E-state index < -0.39 is 50.1 Å². The van der Waals surface area contributed by atoms with Crippen molar-refractivity contribution in [3.63, 3.8) is 0 Å². The SMILES string of the molecule is [2H]C([2H])([2H])C(c1cc(-c2ccccc2)cc(C(C([2H])([2H])[2H])C([2H])([2H])[2H])c1-n1c(-c2cc(C(C)(C)C)cc(C(C)(C)C)c2O)nc2c(-c3cc(-c4ccccc4)cc(-c4cc(-c5cccc(C)c5)ccn4)c3)cccc21)C([2H])([2H])[2H]. The van der Waals surface area contributed by atoms with Crippen molar-refractivity contribution >= 4 is 11.0 Å². The van der Waals surface area contributed by atoms with Gasteiger partial charge >= 0.3 is 0 Å². The summed E-state index contributed by atoms with van der Waals surface area (Å²) in [7, 11) is 0. The lowest BCUT2D eigenvalue weighted by Crippen LogP contribution is -2.17. The Kier molecular flexibility index (Phi) is 8.58. The summed E-state index contributed by atoms with van der Waals surface area (Å²) in [4.78, 5) is 10.3. The number of imidazole rings is 1. The number of rotatable bonds is 9. The maximum absolute atomic E-state index is 12.8. The number of nitrogens with zero attached hydrogens (tertiary/aromatic N) is 3. The second-order valence-electron chi connectivity index (χ2n) is 19.6. The number of para-hydroxylation sites is 1. The molecule has 4 heteroatoms. The van der Waals surface area contributed by atoms with E-state index in [0.29, 0.717) is 33.5 Å². The predicted octanol–water partition coefficient (Wildman–Crippen LogP) is 17.3. The Morgan fingerprint density at radius 3 is 1.72 bits per heavy atom. The smallest absolute Gasteiger partial charge is 0.149 e. The van der Waals surface area contributed by atoms with Crippen molar-refractivity contribution in [1.29, 1.82) is 0 Å². The van der Waals surface area contributed by atoms with E-state index in [-0.39, 0.29) is 45.0 Å². The summed E-state index contributed by atoms with van der Waals surface area (Å²) in [6, 6.07) is 48.7. The summed E-state index contributed by atoms with van der Waals surface area (Å²) in [5, 5.41) is 12.8. The Labute approximate surface area is 414 Å². The number of aromatic hydroxyl groups is 1. The summed E-state index contributed by atoms with van der Waals surface area (Å²) in [6.45, 7) is 0.894. The topological polar surface area (TPSA) is 50.9 Å². The van der Waals surface area contributed by atoms with Crippen molar-refractivity contribution < 1.29 is 21.6 Å². The third-order valence-electron chi connectivity index (χ3n) is 12.6. The van der Waals surface area contributed by atoms with Crippen LogP contribution in [0.2, 0.25) is 0 Å². The quantitative estimate of drug-likeness (QED) is 0.157. The zero-order chi connectivity index (χ0) is 57.4. The van der Waals surface area contributed by atoms with Gasteiger partial charge in [-0.05, 0) is 140 Å². The Bertz CT molecular complexity index is 3650. The lowest BCUT2D eigenvalue weighted by molar-refractivity contribution is 0.446. The molecule has 0 unspecified atom stereocenters. The lowest BCUT2D eigenvalue weighted by Gasteiger charge is -2.28. The Balaban J connectivity index is 1.50. The largest absolute Gasteiger partial charge is 0.507 e. The van der Waals surface area contributed by atoms with E-state index in [0.717, 1.165) is 38.9 Å². The van der Waals surface area contributed by atoms with E-state index in [1.165, 1.54) is 16.7 Å². The van der Waals surface area contributed by atoms with E-state index in [1.54, 1.807) is 54.7 Å². The van der Waals surface area contributed by atoms with Crippen molar-refractivity contribution in [2.75, 3.05) is 0 Å². The van der Waals surface area contributed by atoms with Crippen LogP contribution in [0.15, 0.2) is 164 Å². The van der Waals surface area contributed by atoms with Crippen LogP contribution in [0.25, 0.3) is 83.9 Å². The highest BCUT2D eigenvalue weighted by atomic mass is 16.3. The maximum atomic E-state index is 12.8. The van der Waals surface area contributed by atoms with Gasteiger partial charge in [0.05, 0.1) is 28.0 Å². The molecule has 0 atom stereocenters. The van der Waals surface area contributed by atoms with Gasteiger partial charge in [0.25, 0.3) is 0 Å². The van der Waals surface area contributed by atoms with Gasteiger partial charge in [-0.3, -0.25) is 9.55 Å². The molecule has 9 rings (SSSR count). The highest BCUT2D eigenvalue weighted by Gasteiger charge is 2.31. The van der Waals surface area contributed by atoms with Crippen molar-refractivity contribution in [3.05, 3.63) is 192 Å². The van der Waals surface area contributed by atoms with E-state index in [9.17, 15) is 5.11 Å². The van der Waals surface area contributed by atoms with Crippen LogP contribution in [-0.4, -0.2) is 19.6 Å². The molecule has 0 radical (unpaired) electrons. The highest BCUT2D eigenvalue weighted by molar-refractivity contribution is 5.98. The van der Waals surface area contributed by atoms with Crippen LogP contribution < -0.4 is 0 Å². The van der Waals surface area contributed by atoms with Gasteiger partial charge in [0.15, 0.2) is 0 Å². The number of hydrogen-bond donors (Lipinski definition) is 1. The van der Waals surface area contributed by atoms with Crippen molar-refractivity contribution in [2.24, 2.45) is 0 Å². The molecule has 0 aliphatic heterocycles. The molecule has 0 fully saturated rings. The average molecular weight is 890 g/mol. The highest BCUT2D eigenvalue weighted by Crippen LogP contribution is 2.47. The minimum atomic E-state index is -3.27. The molecule has 0 bridgehead atoms. The molecule has 0 saturated heterocycles. The number of hydrogen-bond acceptors (Lipinski definition) is 3. The lowest BCUT2D eigenvalue weighted by atomic mass is 9.78. The molecule has 7 aromatic carbocycles. The first kappa shape index (κ1) is 32.6. The first-order chi connectivity index (χ1) is 36.8. The molecule has 0 spiro atoms. The molecule has 0 aliphatic carbocycles. The number of phenolic OH excluding ortho intramolecular Hbond substituents is 1. The fourth-order valence-electron chi connectivity index (χ4n) is 9.05. The normalized spacial score (nSPS) is 15.5. The van der Waals surface area contributed by atoms with Gasteiger partial charge in [-0.2, -0.15) is 0 Å². The monoisotopic (exact) mass is 890 g/mol. The van der Waals surface area contributed by atoms with E-state index in [4.69, 9.17) is 26.4 Å². The number of pyridine rings is 1. The summed E-state index contributed by atoms with van der Waals surface area (Å²) in [5.41, 5.74) is 8.03. The molecule has 4 nitrogen and oxygen atoms in total. The molecular weight excluding hydrogens is 815 g/mol. The Morgan fingerprint density at radius 1 is 0.522 bits per heavy atom. The van der Waals surface area contributed by atoms with Crippen molar-refractivity contribution in [3.8, 4) is 78.6 Å². The third kappa shape index (κ3) is 8.86. The van der Waals surface area contributed by atoms with Crippen LogP contribution in [0.3, 0.4) is 0 Å². The van der Waals surface area contributed by atoms with Gasteiger partial charge in [0.1, 0.15) is 11.6 Å². The molecule has 0 saturated carbocycles. The first-order valence-electron chi connectivity index (χ1n) is 28.7. The number of fused-ring (bicyclic) bond motifs is 1. The molecule has 1 N–H and O–H groups in total. The Hall–Kier alpha value is -7.04. The van der Waals surface area contributed by atoms with Crippen molar-refractivity contribution in [2.45, 2.75) is 98.5 Å². The number of phenols is 1. The molecule has 336 valence electrons. The maximum Gasteiger partial charge on any atom is 0.149 e. The van der Waals surface area contributed by atoms with Gasteiger partial charge in [0, 0.05) is 39.3 Å². The van der Waals surface area contributed by atoms with Crippen molar-refractivity contribution in [1.82, 2.24) is 14.5 Å². The van der Waals surface area contributed by atoms with Gasteiger partial charge in [0.2, 0.25) is 0 Å². The Morgan fingerprint density at radius 2 is 1.10 bits per heavy atom. The van der Waals surface area contributed by atoms with Crippen LogP contribution in [0.1, 0.15) is 125 Å². The van der Waals surface area contributed by atoms with Crippen LogP contribution >= 0.6 is 0 Å². The summed E-state index contributed by atoms with van der Waals surface area (Å²) < 4.78 is 109. The van der Waals surface area contributed by atoms with Crippen LogP contribution in [-0.2, 0) is 10.8 Å². The standard InChI is InChI=1S/C63H63N3O/c1-39(2)52-34-47(43-23-16-13-17-24-43)35-53(40(3)4)59(52)66-57-27-19-26-51(58(57)65-61(66)54-37-50(62(6,7)8)38-55(60(54)67)63(9,10)11)48-31-46(42-21-14-12-15-22-42)32-49(33-48)56-36-45(28-29-64-56)44-25-18-20-41(5)30-44/h12-40,67H,1-11H3/i1D3,2D3,3D3,4D3. The minimum absolute atomic E-state index is 0.0110. The van der Waals surface area contributed by atoms with E-state index in [1.807, 2.05) is 127 Å². The number of benzene rings is 7. The zero-order valence-electron chi connectivity index (χ0n) is 51.0. The fraction of sp³-hybridized carbons (Fsp3) is 0.238. The zero-order valence-corrected chi connectivity index (χ0v) is 39.0. The van der Waals surface area contributed by atoms with Gasteiger partial charge in [-0.15, -0.1) is 0 Å². The molecular formula is C63H63N3O. The molecule has 67 heavy (non-hydrogen) atoms. The number of aromatic nitrogens is 3. The van der Waals surface area contributed by atoms with E-state index >= 15 is 0 Å². The number of aryl methyl sites for hydroxylation is 1. The molecule has 2 aromatic heterocycles. The summed E-state index contributed by atoms with van der Waals surface area (Å²) >= 11 is 0. The summed E-state index contributed by atoms with van der Waals surface area (Å²) in [5.74, 6) is -4.79. The minimum Gasteiger partial charge on any atom is -0.507 e.